The number of anilines is 1. The van der Waals surface area contributed by atoms with Crippen LogP contribution in [0.1, 0.15) is 0 Å². The van der Waals surface area contributed by atoms with Crippen LogP contribution in [-0.4, -0.2) is 39.9 Å². The lowest BCUT2D eigenvalue weighted by Crippen LogP contribution is -2.22. The van der Waals surface area contributed by atoms with Gasteiger partial charge in [0.2, 0.25) is 10.0 Å². The number of sulfonamides is 1. The smallest absolute Gasteiger partial charge is 0.242 e. The van der Waals surface area contributed by atoms with Gasteiger partial charge in [-0.25, -0.2) is 12.7 Å². The number of hydrogen-bond donors (Lipinski definition) is 2. The molecule has 6 heteroatoms. The highest BCUT2D eigenvalue weighted by Crippen LogP contribution is 2.16. The van der Waals surface area contributed by atoms with Gasteiger partial charge in [-0.1, -0.05) is 12.2 Å². The molecule has 0 saturated heterocycles. The van der Waals surface area contributed by atoms with E-state index in [4.69, 9.17) is 5.73 Å². The molecule has 0 atom stereocenters. The summed E-state index contributed by atoms with van der Waals surface area (Å²) in [7, 11) is -0.322. The average molecular weight is 269 g/mol. The lowest BCUT2D eigenvalue weighted by atomic mass is 10.3. The molecule has 1 aromatic rings. The molecule has 0 radical (unpaired) electrons. The quantitative estimate of drug-likeness (QED) is 0.751. The SMILES string of the molecule is CN(C)S(=O)(=O)c1ccc(NC/C=C/CN)cc1. The van der Waals surface area contributed by atoms with Crippen LogP contribution < -0.4 is 11.1 Å². The Kier molecular flexibility index (Phi) is 5.33. The van der Waals surface area contributed by atoms with Gasteiger partial charge in [0.05, 0.1) is 4.90 Å². The molecule has 0 bridgehead atoms. The van der Waals surface area contributed by atoms with Gasteiger partial charge in [0.25, 0.3) is 0 Å². The highest BCUT2D eigenvalue weighted by molar-refractivity contribution is 7.89. The van der Waals surface area contributed by atoms with Crippen molar-refractivity contribution in [2.24, 2.45) is 5.73 Å². The molecule has 0 aliphatic carbocycles. The van der Waals surface area contributed by atoms with E-state index in [2.05, 4.69) is 5.32 Å². The van der Waals surface area contributed by atoms with E-state index in [-0.39, 0.29) is 4.90 Å². The Labute approximate surface area is 108 Å². The first-order valence-electron chi connectivity index (χ1n) is 5.60. The second-order valence-corrected chi connectivity index (χ2v) is 6.05. The number of benzene rings is 1. The van der Waals surface area contributed by atoms with Gasteiger partial charge >= 0.3 is 0 Å². The van der Waals surface area contributed by atoms with Gasteiger partial charge in [-0.15, -0.1) is 0 Å². The lowest BCUT2D eigenvalue weighted by molar-refractivity contribution is 0.521. The minimum absolute atomic E-state index is 0.288. The third kappa shape index (κ3) is 3.83. The van der Waals surface area contributed by atoms with Crippen LogP contribution >= 0.6 is 0 Å². The molecule has 0 saturated carbocycles. The first kappa shape index (κ1) is 14.7. The van der Waals surface area contributed by atoms with E-state index < -0.39 is 10.0 Å². The van der Waals surface area contributed by atoms with E-state index in [0.29, 0.717) is 13.1 Å². The highest BCUT2D eigenvalue weighted by Gasteiger charge is 2.16. The minimum Gasteiger partial charge on any atom is -0.382 e. The van der Waals surface area contributed by atoms with E-state index in [1.807, 2.05) is 12.2 Å². The minimum atomic E-state index is -3.35. The Morgan fingerprint density at radius 3 is 2.33 bits per heavy atom. The Morgan fingerprint density at radius 2 is 1.83 bits per heavy atom. The summed E-state index contributed by atoms with van der Waals surface area (Å²) in [6, 6.07) is 6.66. The van der Waals surface area contributed by atoms with Crippen LogP contribution in [-0.2, 0) is 10.0 Å². The molecule has 0 aliphatic heterocycles. The van der Waals surface area contributed by atoms with Crippen molar-refractivity contribution in [1.82, 2.24) is 4.31 Å². The summed E-state index contributed by atoms with van der Waals surface area (Å²) in [5.74, 6) is 0. The monoisotopic (exact) mass is 269 g/mol. The second-order valence-electron chi connectivity index (χ2n) is 3.90. The van der Waals surface area contributed by atoms with Gasteiger partial charge in [-0.2, -0.15) is 0 Å². The molecular weight excluding hydrogens is 250 g/mol. The van der Waals surface area contributed by atoms with Crippen molar-refractivity contribution in [3.63, 3.8) is 0 Å². The highest BCUT2D eigenvalue weighted by atomic mass is 32.2. The summed E-state index contributed by atoms with van der Waals surface area (Å²) in [4.78, 5) is 0.288. The van der Waals surface area contributed by atoms with Crippen LogP contribution in [0.15, 0.2) is 41.3 Å². The molecule has 1 rings (SSSR count). The number of nitrogens with zero attached hydrogens (tertiary/aromatic N) is 1. The van der Waals surface area contributed by atoms with Crippen LogP contribution in [0.25, 0.3) is 0 Å². The Bertz CT molecular complexity index is 493. The molecule has 100 valence electrons. The van der Waals surface area contributed by atoms with Gasteiger partial charge in [-0.05, 0) is 24.3 Å². The Hall–Kier alpha value is -1.37. The van der Waals surface area contributed by atoms with Crippen molar-refractivity contribution >= 4 is 15.7 Å². The zero-order chi connectivity index (χ0) is 13.6. The van der Waals surface area contributed by atoms with E-state index in [9.17, 15) is 8.42 Å². The fourth-order valence-corrected chi connectivity index (χ4v) is 2.21. The molecule has 3 N–H and O–H groups in total. The van der Waals surface area contributed by atoms with Crippen molar-refractivity contribution in [1.29, 1.82) is 0 Å². The zero-order valence-corrected chi connectivity index (χ0v) is 11.4. The Balaban J connectivity index is 2.72. The third-order valence-electron chi connectivity index (χ3n) is 2.36. The van der Waals surface area contributed by atoms with Crippen molar-refractivity contribution in [3.8, 4) is 0 Å². The summed E-state index contributed by atoms with van der Waals surface area (Å²) in [5.41, 5.74) is 6.19. The van der Waals surface area contributed by atoms with Gasteiger partial charge in [-0.3, -0.25) is 0 Å². The molecule has 1 aromatic carbocycles. The average Bonchev–Trinajstić information content (AvgIpc) is 2.35. The van der Waals surface area contributed by atoms with Crippen LogP contribution in [0.4, 0.5) is 5.69 Å². The van der Waals surface area contributed by atoms with Crippen LogP contribution in [0.2, 0.25) is 0 Å². The van der Waals surface area contributed by atoms with Crippen molar-refractivity contribution in [2.45, 2.75) is 4.90 Å². The Morgan fingerprint density at radius 1 is 1.22 bits per heavy atom. The maximum atomic E-state index is 11.8. The predicted octanol–water partition coefficient (Wildman–Crippen LogP) is 0.864. The number of nitrogens with one attached hydrogen (secondary N) is 1. The van der Waals surface area contributed by atoms with E-state index in [0.717, 1.165) is 5.69 Å². The molecule has 0 spiro atoms. The lowest BCUT2D eigenvalue weighted by Gasteiger charge is -2.11. The fraction of sp³-hybridized carbons (Fsp3) is 0.333. The fourth-order valence-electron chi connectivity index (χ4n) is 1.31. The summed E-state index contributed by atoms with van der Waals surface area (Å²) >= 11 is 0. The zero-order valence-electron chi connectivity index (χ0n) is 10.6. The molecule has 0 aromatic heterocycles. The third-order valence-corrected chi connectivity index (χ3v) is 4.19. The first-order valence-corrected chi connectivity index (χ1v) is 7.04. The van der Waals surface area contributed by atoms with E-state index >= 15 is 0 Å². The second kappa shape index (κ2) is 6.53. The van der Waals surface area contributed by atoms with Crippen LogP contribution in [0, 0.1) is 0 Å². The van der Waals surface area contributed by atoms with Crippen LogP contribution in [0.5, 0.6) is 0 Å². The number of nitrogens with two attached hydrogens (primary N) is 1. The van der Waals surface area contributed by atoms with Gasteiger partial charge < -0.3 is 11.1 Å². The van der Waals surface area contributed by atoms with Crippen molar-refractivity contribution in [2.75, 3.05) is 32.5 Å². The summed E-state index contributed by atoms with van der Waals surface area (Å²) in [5, 5.41) is 3.14. The number of rotatable bonds is 6. The van der Waals surface area contributed by atoms with Crippen molar-refractivity contribution < 1.29 is 8.42 Å². The number of hydrogen-bond acceptors (Lipinski definition) is 4. The summed E-state index contributed by atoms with van der Waals surface area (Å²) in [6.07, 6.45) is 3.78. The maximum absolute atomic E-state index is 11.8. The first-order chi connectivity index (χ1) is 8.48. The molecule has 5 nitrogen and oxygen atoms in total. The molecule has 18 heavy (non-hydrogen) atoms. The predicted molar refractivity (Wildman–Crippen MR) is 74.0 cm³/mol. The van der Waals surface area contributed by atoms with Gasteiger partial charge in [0, 0.05) is 32.9 Å². The molecule has 0 fully saturated rings. The normalized spacial score (nSPS) is 12.2. The van der Waals surface area contributed by atoms with Gasteiger partial charge in [0.15, 0.2) is 0 Å². The molecule has 0 aliphatic rings. The summed E-state index contributed by atoms with van der Waals surface area (Å²) in [6.45, 7) is 1.18. The maximum Gasteiger partial charge on any atom is 0.242 e. The topological polar surface area (TPSA) is 75.4 Å². The molecule has 0 unspecified atom stereocenters. The largest absolute Gasteiger partial charge is 0.382 e. The van der Waals surface area contributed by atoms with Crippen LogP contribution in [0.3, 0.4) is 0 Å². The van der Waals surface area contributed by atoms with Crippen molar-refractivity contribution in [3.05, 3.63) is 36.4 Å². The van der Waals surface area contributed by atoms with Gasteiger partial charge in [0.1, 0.15) is 0 Å². The molecule has 0 amide bonds. The standard InChI is InChI=1S/C12H19N3O2S/c1-15(2)18(16,17)12-7-5-11(6-8-12)14-10-4-3-9-13/h3-8,14H,9-10,13H2,1-2H3/b4-3+. The summed E-state index contributed by atoms with van der Waals surface area (Å²) < 4.78 is 24.8. The molecular formula is C12H19N3O2S. The van der Waals surface area contributed by atoms with E-state index in [1.165, 1.54) is 18.4 Å². The molecule has 0 heterocycles. The van der Waals surface area contributed by atoms with E-state index in [1.54, 1.807) is 24.3 Å².